The molecule has 1 aromatic carbocycles. The molecule has 0 aliphatic carbocycles. The molecule has 0 bridgehead atoms. The van der Waals surface area contributed by atoms with Gasteiger partial charge in [0.05, 0.1) is 18.3 Å². The van der Waals surface area contributed by atoms with Crippen molar-refractivity contribution in [3.8, 4) is 0 Å². The third-order valence-electron chi connectivity index (χ3n) is 6.04. The topological polar surface area (TPSA) is 55.8 Å². The second-order valence-corrected chi connectivity index (χ2v) is 7.72. The first-order valence-electron chi connectivity index (χ1n) is 9.64. The van der Waals surface area contributed by atoms with E-state index in [-0.39, 0.29) is 11.7 Å². The molecule has 2 N–H and O–H groups in total. The van der Waals surface area contributed by atoms with Crippen LogP contribution in [0.3, 0.4) is 0 Å². The number of hydrogen-bond acceptors (Lipinski definition) is 4. The highest BCUT2D eigenvalue weighted by atomic mass is 19.1. The fourth-order valence-corrected chi connectivity index (χ4v) is 4.57. The summed E-state index contributed by atoms with van der Waals surface area (Å²) in [6, 6.07) is 6.44. The molecule has 4 rings (SSSR count). The molecule has 2 fully saturated rings. The number of nitrogens with one attached hydrogen (secondary N) is 1. The van der Waals surface area contributed by atoms with Gasteiger partial charge in [0.15, 0.2) is 0 Å². The fraction of sp³-hybridized carbons (Fsp3) is 0.476. The summed E-state index contributed by atoms with van der Waals surface area (Å²) in [4.78, 5) is 16.3. The van der Waals surface area contributed by atoms with E-state index in [1.165, 1.54) is 12.1 Å². The van der Waals surface area contributed by atoms with Crippen LogP contribution in [0.5, 0.6) is 0 Å². The predicted octanol–water partition coefficient (Wildman–Crippen LogP) is 2.17. The fourth-order valence-electron chi connectivity index (χ4n) is 4.57. The van der Waals surface area contributed by atoms with Crippen LogP contribution in [0.15, 0.2) is 48.3 Å². The van der Waals surface area contributed by atoms with Gasteiger partial charge in [-0.25, -0.2) is 4.39 Å². The Balaban J connectivity index is 1.29. The van der Waals surface area contributed by atoms with Gasteiger partial charge in [0, 0.05) is 31.2 Å². The number of piperidine rings is 1. The summed E-state index contributed by atoms with van der Waals surface area (Å²) in [6.45, 7) is 7.56. The number of allylic oxidation sites excluding steroid dienone is 1. The number of halogens is 1. The highest BCUT2D eigenvalue weighted by molar-refractivity contribution is 5.81. The van der Waals surface area contributed by atoms with Crippen molar-refractivity contribution in [2.45, 2.75) is 31.4 Å². The smallest absolute Gasteiger partial charge is 0.243 e. The van der Waals surface area contributed by atoms with Crippen molar-refractivity contribution in [1.82, 2.24) is 15.1 Å². The molecule has 1 aromatic rings. The van der Waals surface area contributed by atoms with Crippen molar-refractivity contribution in [1.29, 1.82) is 0 Å². The Hall–Kier alpha value is -2.18. The Kier molecular flexibility index (Phi) is 5.02. The van der Waals surface area contributed by atoms with E-state index in [1.54, 1.807) is 18.3 Å². The number of nitrogens with zero attached hydrogens (tertiary/aromatic N) is 2. The predicted molar refractivity (Wildman–Crippen MR) is 101 cm³/mol. The van der Waals surface area contributed by atoms with E-state index >= 15 is 0 Å². The molecule has 0 spiro atoms. The number of rotatable bonds is 5. The van der Waals surface area contributed by atoms with Gasteiger partial charge < -0.3 is 20.2 Å². The van der Waals surface area contributed by atoms with E-state index in [9.17, 15) is 14.3 Å². The van der Waals surface area contributed by atoms with E-state index in [0.29, 0.717) is 24.9 Å². The first kappa shape index (κ1) is 18.2. The Morgan fingerprint density at radius 2 is 2.11 bits per heavy atom. The second-order valence-electron chi connectivity index (χ2n) is 7.72. The average molecular weight is 371 g/mol. The summed E-state index contributed by atoms with van der Waals surface area (Å²) in [5, 5.41) is 13.1. The molecular weight excluding hydrogens is 345 g/mol. The first-order chi connectivity index (χ1) is 13.0. The number of carbonyl (C=O) groups excluding carboxylic acids is 1. The number of likely N-dealkylation sites (tertiary alicyclic amines) is 1. The van der Waals surface area contributed by atoms with Gasteiger partial charge in [-0.1, -0.05) is 18.7 Å². The van der Waals surface area contributed by atoms with Crippen LogP contribution in [0.25, 0.3) is 0 Å². The molecule has 0 radical (unpaired) electrons. The van der Waals surface area contributed by atoms with Gasteiger partial charge in [-0.15, -0.1) is 0 Å². The maximum Gasteiger partial charge on any atom is 0.243 e. The molecule has 5 nitrogen and oxygen atoms in total. The van der Waals surface area contributed by atoms with Gasteiger partial charge in [-0.3, -0.25) is 4.79 Å². The molecule has 27 heavy (non-hydrogen) atoms. The highest BCUT2D eigenvalue weighted by Gasteiger charge is 2.44. The van der Waals surface area contributed by atoms with E-state index in [1.807, 2.05) is 0 Å². The third-order valence-corrected chi connectivity index (χ3v) is 6.04. The van der Waals surface area contributed by atoms with E-state index in [4.69, 9.17) is 0 Å². The minimum atomic E-state index is -0.555. The summed E-state index contributed by atoms with van der Waals surface area (Å²) in [6.07, 6.45) is 3.81. The summed E-state index contributed by atoms with van der Waals surface area (Å²) < 4.78 is 13.0. The van der Waals surface area contributed by atoms with Gasteiger partial charge in [0.1, 0.15) is 5.82 Å². The van der Waals surface area contributed by atoms with Crippen LogP contribution in [0, 0.1) is 11.7 Å². The maximum atomic E-state index is 13.0. The number of fused-ring (bicyclic) bond motifs is 3. The lowest BCUT2D eigenvalue weighted by Crippen LogP contribution is -2.49. The van der Waals surface area contributed by atoms with Crippen molar-refractivity contribution < 1.29 is 14.3 Å². The van der Waals surface area contributed by atoms with Gasteiger partial charge in [-0.05, 0) is 49.1 Å². The Labute approximate surface area is 159 Å². The lowest BCUT2D eigenvalue weighted by molar-refractivity contribution is -0.122. The zero-order chi connectivity index (χ0) is 19.0. The van der Waals surface area contributed by atoms with Crippen LogP contribution in [0.2, 0.25) is 0 Å². The maximum absolute atomic E-state index is 13.0. The molecule has 6 heteroatoms. The zero-order valence-corrected chi connectivity index (χ0v) is 15.4. The van der Waals surface area contributed by atoms with Crippen molar-refractivity contribution in [3.63, 3.8) is 0 Å². The number of aliphatic hydroxyl groups is 1. The molecule has 0 saturated carbocycles. The number of benzene rings is 1. The first-order valence-corrected chi connectivity index (χ1v) is 9.64. The summed E-state index contributed by atoms with van der Waals surface area (Å²) in [7, 11) is 0. The minimum absolute atomic E-state index is 0.0458. The number of hydrogen-bond donors (Lipinski definition) is 2. The number of amides is 1. The summed E-state index contributed by atoms with van der Waals surface area (Å²) >= 11 is 0. The molecule has 144 valence electrons. The van der Waals surface area contributed by atoms with E-state index < -0.39 is 6.10 Å². The van der Waals surface area contributed by atoms with Gasteiger partial charge in [0.25, 0.3) is 0 Å². The van der Waals surface area contributed by atoms with Gasteiger partial charge >= 0.3 is 0 Å². The van der Waals surface area contributed by atoms with Crippen LogP contribution in [-0.4, -0.2) is 53.0 Å². The Bertz CT molecular complexity index is 761. The van der Waals surface area contributed by atoms with Gasteiger partial charge in [-0.2, -0.15) is 0 Å². The molecule has 1 unspecified atom stereocenters. The SMILES string of the molecule is C=C1C2=CNC(=O)CN2[C@H]2CCN(CCCC(O)c3ccc(F)cc3)C[C@@H]12. The molecular formula is C21H26FN3O2. The largest absolute Gasteiger partial charge is 0.388 e. The lowest BCUT2D eigenvalue weighted by Gasteiger charge is -2.38. The van der Waals surface area contributed by atoms with Crippen molar-refractivity contribution in [2.75, 3.05) is 26.2 Å². The van der Waals surface area contributed by atoms with Gasteiger partial charge in [0.2, 0.25) is 5.91 Å². The number of carbonyl (C=O) groups is 1. The normalized spacial score (nSPS) is 26.3. The van der Waals surface area contributed by atoms with Crippen LogP contribution in [0.1, 0.15) is 30.9 Å². The van der Waals surface area contributed by atoms with Crippen molar-refractivity contribution in [2.24, 2.45) is 5.92 Å². The highest BCUT2D eigenvalue weighted by Crippen LogP contribution is 2.41. The molecule has 3 aliphatic rings. The second kappa shape index (κ2) is 7.44. The van der Waals surface area contributed by atoms with Crippen LogP contribution >= 0.6 is 0 Å². The molecule has 3 aliphatic heterocycles. The minimum Gasteiger partial charge on any atom is -0.388 e. The Morgan fingerprint density at radius 3 is 2.89 bits per heavy atom. The Morgan fingerprint density at radius 1 is 1.33 bits per heavy atom. The van der Waals surface area contributed by atoms with E-state index in [0.717, 1.165) is 49.3 Å². The lowest BCUT2D eigenvalue weighted by atomic mass is 9.89. The molecule has 1 amide bonds. The van der Waals surface area contributed by atoms with Crippen LogP contribution < -0.4 is 5.32 Å². The molecule has 3 atom stereocenters. The average Bonchev–Trinajstić information content (AvgIpc) is 2.94. The molecule has 3 heterocycles. The summed E-state index contributed by atoms with van der Waals surface area (Å²) in [5.41, 5.74) is 2.97. The number of aliphatic hydroxyl groups excluding tert-OH is 1. The van der Waals surface area contributed by atoms with Crippen molar-refractivity contribution >= 4 is 5.91 Å². The third kappa shape index (κ3) is 3.64. The monoisotopic (exact) mass is 371 g/mol. The van der Waals surface area contributed by atoms with E-state index in [2.05, 4.69) is 21.7 Å². The summed E-state index contributed by atoms with van der Waals surface area (Å²) in [5.74, 6) is 0.123. The molecule has 2 saturated heterocycles. The van der Waals surface area contributed by atoms with Crippen LogP contribution in [-0.2, 0) is 4.79 Å². The molecule has 0 aromatic heterocycles. The van der Waals surface area contributed by atoms with Crippen molar-refractivity contribution in [3.05, 3.63) is 59.7 Å². The van der Waals surface area contributed by atoms with Crippen LogP contribution in [0.4, 0.5) is 4.39 Å². The zero-order valence-electron chi connectivity index (χ0n) is 15.4. The quantitative estimate of drug-likeness (QED) is 0.833. The standard InChI is InChI=1S/C21H26FN3O2/c1-14-17-12-24(9-2-3-20(26)15-4-6-16(22)7-5-15)10-8-18(17)25-13-21(27)23-11-19(14)25/h4-7,11,17-18,20,26H,1-3,8-10,12-13H2,(H,23,27)/t17-,18-,20?/m0/s1.